The first kappa shape index (κ1) is 25.8. The van der Waals surface area contributed by atoms with Crippen LogP contribution < -0.4 is 10.1 Å². The molecule has 1 N–H and O–H groups in total. The van der Waals surface area contributed by atoms with E-state index in [0.717, 1.165) is 0 Å². The molecule has 2 aromatic rings. The van der Waals surface area contributed by atoms with Crippen molar-refractivity contribution in [2.45, 2.75) is 31.6 Å². The molecule has 1 aromatic carbocycles. The number of nitrogens with zero attached hydrogens (tertiary/aromatic N) is 2. The summed E-state index contributed by atoms with van der Waals surface area (Å²) in [6.45, 7) is 0.800. The van der Waals surface area contributed by atoms with Crippen molar-refractivity contribution in [1.82, 2.24) is 15.2 Å². The van der Waals surface area contributed by atoms with E-state index in [-0.39, 0.29) is 25.9 Å². The number of ether oxygens (including phenoxy) is 5. The van der Waals surface area contributed by atoms with Crippen molar-refractivity contribution in [3.05, 3.63) is 60.4 Å². The fourth-order valence-electron chi connectivity index (χ4n) is 3.23. The summed E-state index contributed by atoms with van der Waals surface area (Å²) >= 11 is 0. The van der Waals surface area contributed by atoms with Crippen LogP contribution in [0, 0.1) is 0 Å². The molecule has 2 amide bonds. The van der Waals surface area contributed by atoms with E-state index in [1.165, 1.54) is 12.0 Å². The van der Waals surface area contributed by atoms with Crippen LogP contribution in [0.4, 0.5) is 14.4 Å². The molecule has 188 valence electrons. The Morgan fingerprint density at radius 1 is 1.03 bits per heavy atom. The lowest BCUT2D eigenvalue weighted by atomic mass is 10.1. The van der Waals surface area contributed by atoms with Crippen LogP contribution in [0.3, 0.4) is 0 Å². The minimum Gasteiger partial charge on any atom is -0.447 e. The number of para-hydroxylation sites is 1. The van der Waals surface area contributed by atoms with Crippen molar-refractivity contribution in [2.24, 2.45) is 0 Å². The summed E-state index contributed by atoms with van der Waals surface area (Å²) in [5, 5.41) is 2.59. The SMILES string of the molecule is COC(COC(=O)NCc1ccccn1)COC(=O)N1CCC(OC(=O)Oc2ccccc2)CC1. The third kappa shape index (κ3) is 9.13. The lowest BCUT2D eigenvalue weighted by molar-refractivity contribution is -0.0170. The Labute approximate surface area is 203 Å². The Morgan fingerprint density at radius 2 is 1.74 bits per heavy atom. The number of pyridine rings is 1. The van der Waals surface area contributed by atoms with Gasteiger partial charge < -0.3 is 33.9 Å². The third-order valence-electron chi connectivity index (χ3n) is 5.17. The van der Waals surface area contributed by atoms with Gasteiger partial charge in [0, 0.05) is 39.2 Å². The number of hydrogen-bond donors (Lipinski definition) is 1. The second-order valence-electron chi connectivity index (χ2n) is 7.68. The van der Waals surface area contributed by atoms with Crippen molar-refractivity contribution < 1.29 is 38.1 Å². The average Bonchev–Trinajstić information content (AvgIpc) is 2.89. The van der Waals surface area contributed by atoms with Crippen LogP contribution in [0.5, 0.6) is 5.75 Å². The molecule has 1 saturated heterocycles. The summed E-state index contributed by atoms with van der Waals surface area (Å²) in [4.78, 5) is 41.8. The highest BCUT2D eigenvalue weighted by Crippen LogP contribution is 2.17. The van der Waals surface area contributed by atoms with Crippen molar-refractivity contribution in [1.29, 1.82) is 0 Å². The molecule has 35 heavy (non-hydrogen) atoms. The second kappa shape index (κ2) is 13.8. The average molecular weight is 488 g/mol. The molecule has 2 heterocycles. The molecule has 0 radical (unpaired) electrons. The van der Waals surface area contributed by atoms with Gasteiger partial charge in [-0.2, -0.15) is 0 Å². The Balaban J connectivity index is 1.30. The highest BCUT2D eigenvalue weighted by atomic mass is 16.7. The van der Waals surface area contributed by atoms with Gasteiger partial charge in [-0.05, 0) is 24.3 Å². The number of piperidine rings is 1. The van der Waals surface area contributed by atoms with Gasteiger partial charge in [-0.15, -0.1) is 0 Å². The molecule has 0 spiro atoms. The Kier molecular flexibility index (Phi) is 10.1. The number of benzene rings is 1. The summed E-state index contributed by atoms with van der Waals surface area (Å²) in [7, 11) is 1.44. The van der Waals surface area contributed by atoms with Gasteiger partial charge >= 0.3 is 18.3 Å². The predicted octanol–water partition coefficient (Wildman–Crippen LogP) is 3.14. The van der Waals surface area contributed by atoms with Gasteiger partial charge in [0.05, 0.1) is 12.2 Å². The van der Waals surface area contributed by atoms with Gasteiger partial charge in [-0.1, -0.05) is 24.3 Å². The number of rotatable bonds is 9. The van der Waals surface area contributed by atoms with E-state index in [1.807, 2.05) is 12.1 Å². The first-order chi connectivity index (χ1) is 17.0. The molecule has 0 bridgehead atoms. The van der Waals surface area contributed by atoms with Crippen molar-refractivity contribution in [2.75, 3.05) is 33.4 Å². The monoisotopic (exact) mass is 487 g/mol. The van der Waals surface area contributed by atoms with E-state index in [0.29, 0.717) is 37.4 Å². The topological polar surface area (TPSA) is 126 Å². The number of likely N-dealkylation sites (tertiary alicyclic amines) is 1. The van der Waals surface area contributed by atoms with E-state index in [1.54, 1.807) is 42.6 Å². The van der Waals surface area contributed by atoms with Crippen LogP contribution in [0.25, 0.3) is 0 Å². The highest BCUT2D eigenvalue weighted by Gasteiger charge is 2.27. The summed E-state index contributed by atoms with van der Waals surface area (Å²) in [5.41, 5.74) is 0.698. The Hall–Kier alpha value is -3.86. The lowest BCUT2D eigenvalue weighted by Gasteiger charge is -2.31. The first-order valence-corrected chi connectivity index (χ1v) is 11.2. The molecule has 1 fully saturated rings. The number of alkyl carbamates (subject to hydrolysis) is 1. The Bertz CT molecular complexity index is 936. The van der Waals surface area contributed by atoms with Gasteiger partial charge in [0.15, 0.2) is 0 Å². The lowest BCUT2D eigenvalue weighted by Crippen LogP contribution is -2.43. The van der Waals surface area contributed by atoms with Gasteiger partial charge in [0.1, 0.15) is 31.2 Å². The number of methoxy groups -OCH3 is 1. The van der Waals surface area contributed by atoms with E-state index in [2.05, 4.69) is 10.3 Å². The minimum atomic E-state index is -0.774. The van der Waals surface area contributed by atoms with E-state index in [9.17, 15) is 14.4 Å². The number of aromatic nitrogens is 1. The summed E-state index contributed by atoms with van der Waals surface area (Å²) < 4.78 is 26.1. The van der Waals surface area contributed by atoms with Crippen LogP contribution in [0.1, 0.15) is 18.5 Å². The zero-order valence-corrected chi connectivity index (χ0v) is 19.5. The van der Waals surface area contributed by atoms with Crippen molar-refractivity contribution >= 4 is 18.3 Å². The summed E-state index contributed by atoms with van der Waals surface area (Å²) in [5.74, 6) is 0.404. The van der Waals surface area contributed by atoms with Crippen molar-refractivity contribution in [3.8, 4) is 5.75 Å². The number of carbonyl (C=O) groups excluding carboxylic acids is 3. The molecule has 0 saturated carbocycles. The quantitative estimate of drug-likeness (QED) is 0.322. The molecule has 3 rings (SSSR count). The Morgan fingerprint density at radius 3 is 2.43 bits per heavy atom. The maximum absolute atomic E-state index is 12.4. The number of hydrogen-bond acceptors (Lipinski definition) is 9. The fraction of sp³-hybridized carbons (Fsp3) is 0.417. The molecule has 1 aromatic heterocycles. The van der Waals surface area contributed by atoms with Crippen LogP contribution in [-0.2, 0) is 25.5 Å². The molecule has 1 aliphatic heterocycles. The van der Waals surface area contributed by atoms with Crippen LogP contribution in [0.2, 0.25) is 0 Å². The molecule has 11 heteroatoms. The molecule has 0 aliphatic carbocycles. The van der Waals surface area contributed by atoms with Crippen LogP contribution in [0.15, 0.2) is 54.7 Å². The molecule has 1 unspecified atom stereocenters. The first-order valence-electron chi connectivity index (χ1n) is 11.2. The van der Waals surface area contributed by atoms with Crippen LogP contribution >= 0.6 is 0 Å². The van der Waals surface area contributed by atoms with Crippen LogP contribution in [-0.4, -0.2) is 73.8 Å². The number of nitrogens with one attached hydrogen (secondary N) is 1. The third-order valence-corrected chi connectivity index (χ3v) is 5.17. The maximum Gasteiger partial charge on any atom is 0.514 e. The molecule has 1 atom stereocenters. The normalized spacial score (nSPS) is 14.5. The minimum absolute atomic E-state index is 0.0807. The van der Waals surface area contributed by atoms with E-state index < -0.39 is 24.4 Å². The van der Waals surface area contributed by atoms with Crippen molar-refractivity contribution in [3.63, 3.8) is 0 Å². The molecular formula is C24H29N3O8. The zero-order valence-electron chi connectivity index (χ0n) is 19.5. The summed E-state index contributed by atoms with van der Waals surface area (Å²) in [6, 6.07) is 14.0. The fourth-order valence-corrected chi connectivity index (χ4v) is 3.23. The van der Waals surface area contributed by atoms with Gasteiger partial charge in [0.25, 0.3) is 0 Å². The smallest absolute Gasteiger partial charge is 0.447 e. The molecule has 1 aliphatic rings. The zero-order chi connectivity index (χ0) is 24.9. The maximum atomic E-state index is 12.4. The number of carbonyl (C=O) groups is 3. The summed E-state index contributed by atoms with van der Waals surface area (Å²) in [6.07, 6.45) is -0.322. The molecule has 11 nitrogen and oxygen atoms in total. The predicted molar refractivity (Wildman–Crippen MR) is 123 cm³/mol. The van der Waals surface area contributed by atoms with Gasteiger partial charge in [-0.25, -0.2) is 14.4 Å². The molecular weight excluding hydrogens is 458 g/mol. The second-order valence-corrected chi connectivity index (χ2v) is 7.68. The number of amides is 2. The standard InChI is InChI=1S/C24H29N3O8/c1-31-21(16-32-22(28)26-15-18-7-5-6-12-25-18)17-33-23(29)27-13-10-20(11-14-27)35-24(30)34-19-8-3-2-4-9-19/h2-9,12,20-21H,10-11,13-17H2,1H3,(H,26,28). The van der Waals surface area contributed by atoms with Gasteiger partial charge in [0.2, 0.25) is 0 Å². The highest BCUT2D eigenvalue weighted by molar-refractivity contribution is 5.68. The largest absolute Gasteiger partial charge is 0.514 e. The van der Waals surface area contributed by atoms with E-state index in [4.69, 9.17) is 23.7 Å². The van der Waals surface area contributed by atoms with Gasteiger partial charge in [-0.3, -0.25) is 4.98 Å². The van der Waals surface area contributed by atoms with E-state index >= 15 is 0 Å².